The van der Waals surface area contributed by atoms with Crippen molar-refractivity contribution in [3.05, 3.63) is 67.8 Å². The highest BCUT2D eigenvalue weighted by Crippen LogP contribution is 2.27. The van der Waals surface area contributed by atoms with E-state index in [9.17, 15) is 19.7 Å². The number of ether oxygens (including phenoxy) is 1. The number of nitrogens with one attached hydrogen (secondary N) is 1. The van der Waals surface area contributed by atoms with Crippen LogP contribution < -0.4 is 5.32 Å². The zero-order chi connectivity index (χ0) is 20.3. The average Bonchev–Trinajstić information content (AvgIpc) is 2.63. The van der Waals surface area contributed by atoms with Crippen molar-refractivity contribution in [1.29, 1.82) is 0 Å². The van der Waals surface area contributed by atoms with Crippen LogP contribution in [-0.2, 0) is 9.53 Å². The Bertz CT molecular complexity index is 905. The van der Waals surface area contributed by atoms with E-state index in [1.807, 2.05) is 34.6 Å². The van der Waals surface area contributed by atoms with Crippen LogP contribution >= 0.6 is 0 Å². The van der Waals surface area contributed by atoms with E-state index >= 15 is 0 Å². The molecule has 1 amide bonds. The number of para-hydroxylation sites is 2. The molecule has 0 bridgehead atoms. The number of hydrogen-bond acceptors (Lipinski definition) is 5. The minimum absolute atomic E-state index is 0.0536. The fraction of sp³-hybridized carbons (Fsp3) is 0.300. The van der Waals surface area contributed by atoms with Crippen molar-refractivity contribution in [3.8, 4) is 0 Å². The molecule has 0 aliphatic carbocycles. The van der Waals surface area contributed by atoms with Crippen molar-refractivity contribution in [2.75, 3.05) is 11.9 Å². The molecule has 0 radical (unpaired) electrons. The number of nitrogens with zero attached hydrogens (tertiary/aromatic N) is 1. The lowest BCUT2D eigenvalue weighted by molar-refractivity contribution is -0.383. The Morgan fingerprint density at radius 2 is 1.48 bits per heavy atom. The molecule has 2 aromatic carbocycles. The topological polar surface area (TPSA) is 98.5 Å². The van der Waals surface area contributed by atoms with E-state index in [-0.39, 0.29) is 11.4 Å². The maximum atomic E-state index is 12.5. The van der Waals surface area contributed by atoms with Crippen LogP contribution in [0.25, 0.3) is 0 Å². The summed E-state index contributed by atoms with van der Waals surface area (Å²) in [5, 5.41) is 13.4. The van der Waals surface area contributed by atoms with Gasteiger partial charge in [-0.05, 0) is 68.5 Å². The molecule has 0 spiro atoms. The summed E-state index contributed by atoms with van der Waals surface area (Å²) in [4.78, 5) is 35.0. The molecule has 2 aromatic rings. The third kappa shape index (κ3) is 4.13. The standard InChI is InChI=1S/C20H22N2O5/c1-11-12(2)14(4)19(15(5)13(11)3)20(24)27-10-18(23)21-16-8-6-7-9-17(16)22(25)26/h6-9H,10H2,1-5H3,(H,21,23). The van der Waals surface area contributed by atoms with Gasteiger partial charge in [0.1, 0.15) is 5.69 Å². The molecule has 0 aliphatic heterocycles. The molecular weight excluding hydrogens is 348 g/mol. The molecule has 0 aromatic heterocycles. The van der Waals surface area contributed by atoms with Crippen LogP contribution in [0.3, 0.4) is 0 Å². The molecule has 0 fully saturated rings. The van der Waals surface area contributed by atoms with Gasteiger partial charge >= 0.3 is 5.97 Å². The van der Waals surface area contributed by atoms with Crippen molar-refractivity contribution in [2.24, 2.45) is 0 Å². The van der Waals surface area contributed by atoms with Gasteiger partial charge in [0.15, 0.2) is 6.61 Å². The number of anilines is 1. The second-order valence-corrected chi connectivity index (χ2v) is 6.40. The fourth-order valence-corrected chi connectivity index (χ4v) is 2.93. The van der Waals surface area contributed by atoms with Crippen molar-refractivity contribution >= 4 is 23.3 Å². The first kappa shape index (κ1) is 20.1. The summed E-state index contributed by atoms with van der Waals surface area (Å²) in [6.07, 6.45) is 0. The zero-order valence-corrected chi connectivity index (χ0v) is 16.0. The lowest BCUT2D eigenvalue weighted by atomic mass is 9.90. The van der Waals surface area contributed by atoms with Crippen LogP contribution in [0, 0.1) is 44.7 Å². The Hall–Kier alpha value is -3.22. The number of carbonyl (C=O) groups excluding carboxylic acids is 2. The quantitative estimate of drug-likeness (QED) is 0.488. The van der Waals surface area contributed by atoms with Crippen LogP contribution in [0.5, 0.6) is 0 Å². The summed E-state index contributed by atoms with van der Waals surface area (Å²) in [5.41, 5.74) is 5.06. The first-order valence-corrected chi connectivity index (χ1v) is 8.42. The average molecular weight is 370 g/mol. The van der Waals surface area contributed by atoms with Crippen LogP contribution in [0.1, 0.15) is 38.2 Å². The molecule has 0 unspecified atom stereocenters. The Morgan fingerprint density at radius 1 is 0.963 bits per heavy atom. The van der Waals surface area contributed by atoms with Crippen LogP contribution in [0.2, 0.25) is 0 Å². The Morgan fingerprint density at radius 3 is 2.04 bits per heavy atom. The minimum atomic E-state index is -0.645. The van der Waals surface area contributed by atoms with Gasteiger partial charge in [0.2, 0.25) is 0 Å². The Kier molecular flexibility index (Phi) is 5.95. The number of benzene rings is 2. The van der Waals surface area contributed by atoms with Gasteiger partial charge in [0.25, 0.3) is 11.6 Å². The first-order valence-electron chi connectivity index (χ1n) is 8.42. The molecule has 0 saturated heterocycles. The van der Waals surface area contributed by atoms with Crippen molar-refractivity contribution in [1.82, 2.24) is 0 Å². The summed E-state index contributed by atoms with van der Waals surface area (Å²) in [7, 11) is 0. The summed E-state index contributed by atoms with van der Waals surface area (Å²) in [6.45, 7) is 9.04. The molecule has 0 heterocycles. The smallest absolute Gasteiger partial charge is 0.339 e. The van der Waals surface area contributed by atoms with E-state index in [1.54, 1.807) is 6.07 Å². The number of amides is 1. The maximum Gasteiger partial charge on any atom is 0.339 e. The molecule has 0 saturated carbocycles. The largest absolute Gasteiger partial charge is 0.452 e. The van der Waals surface area contributed by atoms with Gasteiger partial charge in [-0.15, -0.1) is 0 Å². The van der Waals surface area contributed by atoms with E-state index in [2.05, 4.69) is 5.32 Å². The number of rotatable bonds is 5. The van der Waals surface area contributed by atoms with E-state index in [1.165, 1.54) is 18.2 Å². The summed E-state index contributed by atoms with van der Waals surface area (Å²) < 4.78 is 5.15. The number of nitro groups is 1. The number of esters is 1. The lowest BCUT2D eigenvalue weighted by Gasteiger charge is -2.17. The third-order valence-corrected chi connectivity index (χ3v) is 4.91. The minimum Gasteiger partial charge on any atom is -0.452 e. The molecule has 7 heteroatoms. The lowest BCUT2D eigenvalue weighted by Crippen LogP contribution is -2.22. The SMILES string of the molecule is Cc1c(C)c(C)c(C(=O)OCC(=O)Nc2ccccc2[N+](=O)[O-])c(C)c1C. The Balaban J connectivity index is 2.13. The van der Waals surface area contributed by atoms with Crippen LogP contribution in [-0.4, -0.2) is 23.4 Å². The number of carbonyl (C=O) groups is 2. The highest BCUT2D eigenvalue weighted by atomic mass is 16.6. The van der Waals surface area contributed by atoms with Crippen molar-refractivity contribution < 1.29 is 19.2 Å². The first-order chi connectivity index (χ1) is 12.6. The number of nitro benzene ring substituents is 1. The highest BCUT2D eigenvalue weighted by Gasteiger charge is 2.21. The van der Waals surface area contributed by atoms with E-state index in [0.29, 0.717) is 5.56 Å². The van der Waals surface area contributed by atoms with Gasteiger partial charge in [0.05, 0.1) is 10.5 Å². The summed E-state index contributed by atoms with van der Waals surface area (Å²) in [5.74, 6) is -1.23. The van der Waals surface area contributed by atoms with Gasteiger partial charge in [0, 0.05) is 6.07 Å². The van der Waals surface area contributed by atoms with E-state index in [0.717, 1.165) is 27.8 Å². The third-order valence-electron chi connectivity index (χ3n) is 4.91. The molecule has 0 atom stereocenters. The van der Waals surface area contributed by atoms with E-state index < -0.39 is 23.4 Å². The van der Waals surface area contributed by atoms with Gasteiger partial charge < -0.3 is 10.1 Å². The van der Waals surface area contributed by atoms with Crippen LogP contribution in [0.4, 0.5) is 11.4 Å². The Labute approximate surface area is 157 Å². The molecule has 1 N–H and O–H groups in total. The second kappa shape index (κ2) is 7.99. The van der Waals surface area contributed by atoms with Gasteiger partial charge in [-0.1, -0.05) is 12.1 Å². The molecule has 0 aliphatic rings. The maximum absolute atomic E-state index is 12.5. The van der Waals surface area contributed by atoms with Crippen molar-refractivity contribution in [3.63, 3.8) is 0 Å². The van der Waals surface area contributed by atoms with E-state index in [4.69, 9.17) is 4.74 Å². The summed E-state index contributed by atoms with van der Waals surface area (Å²) in [6, 6.07) is 5.77. The van der Waals surface area contributed by atoms with Gasteiger partial charge in [-0.3, -0.25) is 14.9 Å². The number of hydrogen-bond donors (Lipinski definition) is 1. The van der Waals surface area contributed by atoms with Crippen LogP contribution in [0.15, 0.2) is 24.3 Å². The predicted molar refractivity (Wildman–Crippen MR) is 102 cm³/mol. The molecule has 2 rings (SSSR count). The predicted octanol–water partition coefficient (Wildman–Crippen LogP) is 3.93. The molecule has 27 heavy (non-hydrogen) atoms. The summed E-state index contributed by atoms with van der Waals surface area (Å²) >= 11 is 0. The van der Waals surface area contributed by atoms with Gasteiger partial charge in [-0.25, -0.2) is 4.79 Å². The zero-order valence-electron chi connectivity index (χ0n) is 16.0. The molecule has 7 nitrogen and oxygen atoms in total. The highest BCUT2D eigenvalue weighted by molar-refractivity contribution is 5.98. The van der Waals surface area contributed by atoms with Gasteiger partial charge in [-0.2, -0.15) is 0 Å². The molecule has 142 valence electrons. The monoisotopic (exact) mass is 370 g/mol. The fourth-order valence-electron chi connectivity index (χ4n) is 2.93. The molecular formula is C20H22N2O5. The second-order valence-electron chi connectivity index (χ2n) is 6.40. The van der Waals surface area contributed by atoms with Crippen molar-refractivity contribution in [2.45, 2.75) is 34.6 Å². The normalized spacial score (nSPS) is 10.4.